The van der Waals surface area contributed by atoms with Crippen molar-refractivity contribution in [2.45, 2.75) is 32.9 Å². The molecule has 0 heterocycles. The Labute approximate surface area is 128 Å². The van der Waals surface area contributed by atoms with Gasteiger partial charge in [-0.3, -0.25) is 4.99 Å². The zero-order chi connectivity index (χ0) is 15.7. The highest BCUT2D eigenvalue weighted by Gasteiger charge is 2.11. The molecule has 21 heavy (non-hydrogen) atoms. The van der Waals surface area contributed by atoms with Gasteiger partial charge in [-0.2, -0.15) is 0 Å². The molecule has 0 aliphatic carbocycles. The van der Waals surface area contributed by atoms with Gasteiger partial charge in [-0.15, -0.1) is 0 Å². The molecule has 3 N–H and O–H groups in total. The third kappa shape index (κ3) is 7.56. The van der Waals surface area contributed by atoms with Gasteiger partial charge >= 0.3 is 0 Å². The van der Waals surface area contributed by atoms with Crippen LogP contribution in [0.2, 0.25) is 0 Å². The molecule has 0 radical (unpaired) electrons. The summed E-state index contributed by atoms with van der Waals surface area (Å²) < 4.78 is 5.01. The summed E-state index contributed by atoms with van der Waals surface area (Å²) in [5.41, 5.74) is 2.31. The van der Waals surface area contributed by atoms with Gasteiger partial charge in [-0.1, -0.05) is 12.1 Å². The van der Waals surface area contributed by atoms with Gasteiger partial charge in [0.15, 0.2) is 5.96 Å². The van der Waals surface area contributed by atoms with Gasteiger partial charge < -0.3 is 20.7 Å². The Morgan fingerprint density at radius 1 is 1.19 bits per heavy atom. The number of methoxy groups -OCH3 is 1. The normalized spacial score (nSPS) is 12.1. The standard InChI is InChI=1S/C16H28N4O/c1-16(2,3)20-15(17-4)19-12-13-6-8-14(9-7-13)18-10-11-21-5/h6-9,18H,10-12H2,1-5H3,(H2,17,19,20). The van der Waals surface area contributed by atoms with E-state index in [1.165, 1.54) is 5.56 Å². The fourth-order valence-corrected chi connectivity index (χ4v) is 1.76. The monoisotopic (exact) mass is 292 g/mol. The van der Waals surface area contributed by atoms with Crippen LogP contribution in [0.1, 0.15) is 26.3 Å². The van der Waals surface area contributed by atoms with Crippen molar-refractivity contribution in [3.8, 4) is 0 Å². The number of rotatable bonds is 6. The minimum Gasteiger partial charge on any atom is -0.383 e. The Morgan fingerprint density at radius 3 is 2.38 bits per heavy atom. The molecule has 1 aromatic rings. The SMILES string of the molecule is CN=C(NCc1ccc(NCCOC)cc1)NC(C)(C)C. The molecule has 0 aromatic heterocycles. The van der Waals surface area contributed by atoms with Gasteiger partial charge in [0.2, 0.25) is 0 Å². The number of nitrogens with zero attached hydrogens (tertiary/aromatic N) is 1. The molecule has 0 aliphatic heterocycles. The van der Waals surface area contributed by atoms with Crippen molar-refractivity contribution in [1.82, 2.24) is 10.6 Å². The molecule has 118 valence electrons. The first-order valence-corrected chi connectivity index (χ1v) is 7.25. The maximum absolute atomic E-state index is 5.01. The molecule has 0 unspecified atom stereocenters. The summed E-state index contributed by atoms with van der Waals surface area (Å²) in [6, 6.07) is 8.36. The molecule has 0 spiro atoms. The second-order valence-electron chi connectivity index (χ2n) is 5.92. The number of benzene rings is 1. The minimum atomic E-state index is -0.00301. The Hall–Kier alpha value is -1.75. The lowest BCUT2D eigenvalue weighted by molar-refractivity contribution is 0.211. The predicted molar refractivity (Wildman–Crippen MR) is 89.9 cm³/mol. The predicted octanol–water partition coefficient (Wildman–Crippen LogP) is 2.21. The van der Waals surface area contributed by atoms with Crippen molar-refractivity contribution in [2.75, 3.05) is 32.6 Å². The molecule has 0 saturated carbocycles. The largest absolute Gasteiger partial charge is 0.383 e. The highest BCUT2D eigenvalue weighted by molar-refractivity contribution is 5.80. The summed E-state index contributed by atoms with van der Waals surface area (Å²) in [7, 11) is 3.48. The van der Waals surface area contributed by atoms with Gasteiger partial charge in [0.05, 0.1) is 6.61 Å². The molecule has 1 aromatic carbocycles. The molecule has 5 heteroatoms. The number of hydrogen-bond acceptors (Lipinski definition) is 3. The second kappa shape index (κ2) is 8.52. The molecule has 0 saturated heterocycles. The van der Waals surface area contributed by atoms with Gasteiger partial charge in [-0.05, 0) is 38.5 Å². The average molecular weight is 292 g/mol. The van der Waals surface area contributed by atoms with Crippen LogP contribution >= 0.6 is 0 Å². The third-order valence-electron chi connectivity index (χ3n) is 2.77. The van der Waals surface area contributed by atoms with Crippen molar-refractivity contribution in [1.29, 1.82) is 0 Å². The molecular formula is C16H28N4O. The lowest BCUT2D eigenvalue weighted by atomic mass is 10.1. The molecule has 0 bridgehead atoms. The number of nitrogens with one attached hydrogen (secondary N) is 3. The first-order chi connectivity index (χ1) is 9.94. The Balaban J connectivity index is 2.44. The van der Waals surface area contributed by atoms with E-state index in [9.17, 15) is 0 Å². The summed E-state index contributed by atoms with van der Waals surface area (Å²) >= 11 is 0. The van der Waals surface area contributed by atoms with Gasteiger partial charge in [0, 0.05) is 38.5 Å². The molecule has 0 amide bonds. The first kappa shape index (κ1) is 17.3. The van der Waals surface area contributed by atoms with E-state index in [0.717, 1.165) is 24.7 Å². The Kier molecular flexibility index (Phi) is 7.02. The molecule has 0 aliphatic rings. The number of guanidine groups is 1. The summed E-state index contributed by atoms with van der Waals surface area (Å²) in [5.74, 6) is 0.810. The van der Waals surface area contributed by atoms with Crippen LogP contribution in [-0.4, -0.2) is 38.8 Å². The van der Waals surface area contributed by atoms with E-state index < -0.39 is 0 Å². The lowest BCUT2D eigenvalue weighted by Gasteiger charge is -2.23. The van der Waals surface area contributed by atoms with Crippen molar-refractivity contribution >= 4 is 11.6 Å². The maximum Gasteiger partial charge on any atom is 0.191 e. The summed E-state index contributed by atoms with van der Waals surface area (Å²) in [5, 5.41) is 9.95. The van der Waals surface area contributed by atoms with E-state index in [4.69, 9.17) is 4.74 Å². The summed E-state index contributed by atoms with van der Waals surface area (Å²) in [6.45, 7) is 8.60. The van der Waals surface area contributed by atoms with Crippen LogP contribution in [0.5, 0.6) is 0 Å². The topological polar surface area (TPSA) is 57.7 Å². The molecule has 0 fully saturated rings. The number of anilines is 1. The average Bonchev–Trinajstić information content (AvgIpc) is 2.44. The van der Waals surface area contributed by atoms with E-state index in [1.807, 2.05) is 0 Å². The van der Waals surface area contributed by atoms with E-state index in [-0.39, 0.29) is 5.54 Å². The van der Waals surface area contributed by atoms with E-state index in [2.05, 4.69) is 66.0 Å². The summed E-state index contributed by atoms with van der Waals surface area (Å²) in [6.07, 6.45) is 0. The highest BCUT2D eigenvalue weighted by Crippen LogP contribution is 2.09. The lowest BCUT2D eigenvalue weighted by Crippen LogP contribution is -2.47. The fourth-order valence-electron chi connectivity index (χ4n) is 1.76. The Morgan fingerprint density at radius 2 is 1.86 bits per heavy atom. The first-order valence-electron chi connectivity index (χ1n) is 7.25. The molecule has 0 atom stereocenters. The summed E-state index contributed by atoms with van der Waals surface area (Å²) in [4.78, 5) is 4.22. The van der Waals surface area contributed by atoms with Crippen molar-refractivity contribution in [3.63, 3.8) is 0 Å². The van der Waals surface area contributed by atoms with Crippen molar-refractivity contribution in [3.05, 3.63) is 29.8 Å². The van der Waals surface area contributed by atoms with Gasteiger partial charge in [-0.25, -0.2) is 0 Å². The van der Waals surface area contributed by atoms with E-state index in [0.29, 0.717) is 6.61 Å². The minimum absolute atomic E-state index is 0.00301. The van der Waals surface area contributed by atoms with Gasteiger partial charge in [0.1, 0.15) is 0 Å². The molecular weight excluding hydrogens is 264 g/mol. The number of aliphatic imine (C=N–C) groups is 1. The highest BCUT2D eigenvalue weighted by atomic mass is 16.5. The second-order valence-corrected chi connectivity index (χ2v) is 5.92. The van der Waals surface area contributed by atoms with Crippen LogP contribution in [0.4, 0.5) is 5.69 Å². The van der Waals surface area contributed by atoms with E-state index in [1.54, 1.807) is 14.2 Å². The fraction of sp³-hybridized carbons (Fsp3) is 0.562. The van der Waals surface area contributed by atoms with Crippen LogP contribution in [-0.2, 0) is 11.3 Å². The maximum atomic E-state index is 5.01. The zero-order valence-corrected chi connectivity index (χ0v) is 13.8. The van der Waals surface area contributed by atoms with Gasteiger partial charge in [0.25, 0.3) is 0 Å². The molecule has 5 nitrogen and oxygen atoms in total. The van der Waals surface area contributed by atoms with Crippen LogP contribution < -0.4 is 16.0 Å². The zero-order valence-electron chi connectivity index (χ0n) is 13.8. The number of hydrogen-bond donors (Lipinski definition) is 3. The quantitative estimate of drug-likeness (QED) is 0.427. The van der Waals surface area contributed by atoms with Crippen LogP contribution in [0.25, 0.3) is 0 Å². The van der Waals surface area contributed by atoms with E-state index >= 15 is 0 Å². The van der Waals surface area contributed by atoms with Crippen LogP contribution in [0, 0.1) is 0 Å². The Bertz CT molecular complexity index is 435. The third-order valence-corrected chi connectivity index (χ3v) is 2.77. The van der Waals surface area contributed by atoms with Crippen molar-refractivity contribution < 1.29 is 4.74 Å². The van der Waals surface area contributed by atoms with Crippen LogP contribution in [0.15, 0.2) is 29.3 Å². The smallest absolute Gasteiger partial charge is 0.191 e. The van der Waals surface area contributed by atoms with Crippen molar-refractivity contribution in [2.24, 2.45) is 4.99 Å². The molecule has 1 rings (SSSR count). The number of ether oxygens (including phenoxy) is 1. The van der Waals surface area contributed by atoms with Crippen LogP contribution in [0.3, 0.4) is 0 Å².